The lowest BCUT2D eigenvalue weighted by molar-refractivity contribution is 0.0938. The Morgan fingerprint density at radius 3 is 2.82 bits per heavy atom. The molecule has 2 rings (SSSR count). The average molecular weight is 297 g/mol. The SMILES string of the molecule is CC(C)C1(CNC(=O)c2cccnc2Br)CC1. The summed E-state index contributed by atoms with van der Waals surface area (Å²) < 4.78 is 0.604. The van der Waals surface area contributed by atoms with E-state index in [-0.39, 0.29) is 5.91 Å². The maximum atomic E-state index is 12.0. The molecule has 1 saturated carbocycles. The smallest absolute Gasteiger partial charge is 0.254 e. The summed E-state index contributed by atoms with van der Waals surface area (Å²) in [4.78, 5) is 16.0. The minimum Gasteiger partial charge on any atom is -0.351 e. The Balaban J connectivity index is 1.97. The fourth-order valence-corrected chi connectivity index (χ4v) is 2.46. The summed E-state index contributed by atoms with van der Waals surface area (Å²) in [6.45, 7) is 5.21. The molecule has 0 saturated heterocycles. The van der Waals surface area contributed by atoms with Crippen molar-refractivity contribution in [2.24, 2.45) is 11.3 Å². The van der Waals surface area contributed by atoms with Crippen molar-refractivity contribution in [3.05, 3.63) is 28.5 Å². The van der Waals surface area contributed by atoms with Crippen molar-refractivity contribution < 1.29 is 4.79 Å². The first-order chi connectivity index (χ1) is 8.05. The second-order valence-corrected chi connectivity index (χ2v) is 5.79. The summed E-state index contributed by atoms with van der Waals surface area (Å²) in [6, 6.07) is 3.55. The number of pyridine rings is 1. The molecule has 1 aromatic heterocycles. The van der Waals surface area contributed by atoms with Gasteiger partial charge in [-0.3, -0.25) is 4.79 Å². The van der Waals surface area contributed by atoms with Crippen molar-refractivity contribution in [3.63, 3.8) is 0 Å². The van der Waals surface area contributed by atoms with Gasteiger partial charge in [0.15, 0.2) is 0 Å². The van der Waals surface area contributed by atoms with Gasteiger partial charge in [-0.25, -0.2) is 4.98 Å². The molecule has 0 aromatic carbocycles. The van der Waals surface area contributed by atoms with Gasteiger partial charge in [0.2, 0.25) is 0 Å². The highest BCUT2D eigenvalue weighted by Gasteiger charge is 2.45. The molecule has 1 amide bonds. The predicted molar refractivity (Wildman–Crippen MR) is 70.8 cm³/mol. The van der Waals surface area contributed by atoms with Gasteiger partial charge in [0.1, 0.15) is 4.60 Å². The second-order valence-electron chi connectivity index (χ2n) is 5.04. The normalized spacial score (nSPS) is 16.9. The van der Waals surface area contributed by atoms with E-state index in [2.05, 4.69) is 40.1 Å². The highest BCUT2D eigenvalue weighted by molar-refractivity contribution is 9.10. The van der Waals surface area contributed by atoms with Gasteiger partial charge in [0, 0.05) is 12.7 Å². The van der Waals surface area contributed by atoms with Crippen LogP contribution in [0.3, 0.4) is 0 Å². The summed E-state index contributed by atoms with van der Waals surface area (Å²) in [7, 11) is 0. The van der Waals surface area contributed by atoms with Crippen LogP contribution < -0.4 is 5.32 Å². The number of rotatable bonds is 4. The Kier molecular flexibility index (Phi) is 3.52. The van der Waals surface area contributed by atoms with Crippen LogP contribution >= 0.6 is 15.9 Å². The van der Waals surface area contributed by atoms with Crippen molar-refractivity contribution in [1.82, 2.24) is 10.3 Å². The number of nitrogens with one attached hydrogen (secondary N) is 1. The van der Waals surface area contributed by atoms with E-state index < -0.39 is 0 Å². The molecule has 0 atom stereocenters. The first-order valence-electron chi connectivity index (χ1n) is 5.94. The van der Waals surface area contributed by atoms with Gasteiger partial charge in [-0.1, -0.05) is 13.8 Å². The van der Waals surface area contributed by atoms with Crippen LogP contribution in [0.15, 0.2) is 22.9 Å². The van der Waals surface area contributed by atoms with E-state index in [1.165, 1.54) is 12.8 Å². The number of amides is 1. The third kappa shape index (κ3) is 2.68. The molecule has 0 bridgehead atoms. The molecule has 17 heavy (non-hydrogen) atoms. The van der Waals surface area contributed by atoms with E-state index in [9.17, 15) is 4.79 Å². The van der Waals surface area contributed by atoms with Crippen molar-refractivity contribution in [1.29, 1.82) is 0 Å². The molecule has 1 N–H and O–H groups in total. The van der Waals surface area contributed by atoms with Crippen LogP contribution in [-0.2, 0) is 0 Å². The summed E-state index contributed by atoms with van der Waals surface area (Å²) in [5, 5.41) is 3.01. The van der Waals surface area contributed by atoms with E-state index in [1.807, 2.05) is 0 Å². The van der Waals surface area contributed by atoms with Crippen molar-refractivity contribution in [3.8, 4) is 0 Å². The Bertz CT molecular complexity index is 427. The number of hydrogen-bond donors (Lipinski definition) is 1. The molecule has 92 valence electrons. The van der Waals surface area contributed by atoms with Gasteiger partial charge in [-0.2, -0.15) is 0 Å². The number of nitrogens with zero attached hydrogens (tertiary/aromatic N) is 1. The van der Waals surface area contributed by atoms with Gasteiger partial charge < -0.3 is 5.32 Å². The van der Waals surface area contributed by atoms with Gasteiger partial charge in [0.05, 0.1) is 5.56 Å². The van der Waals surface area contributed by atoms with Crippen LogP contribution in [-0.4, -0.2) is 17.4 Å². The predicted octanol–water partition coefficient (Wildman–Crippen LogP) is 3.01. The molecule has 1 aliphatic carbocycles. The van der Waals surface area contributed by atoms with E-state index >= 15 is 0 Å². The topological polar surface area (TPSA) is 42.0 Å². The number of halogens is 1. The van der Waals surface area contributed by atoms with E-state index in [4.69, 9.17) is 0 Å². The van der Waals surface area contributed by atoms with E-state index in [0.29, 0.717) is 21.5 Å². The number of carbonyl (C=O) groups is 1. The molecule has 1 fully saturated rings. The number of carbonyl (C=O) groups excluding carboxylic acids is 1. The zero-order valence-corrected chi connectivity index (χ0v) is 11.8. The number of hydrogen-bond acceptors (Lipinski definition) is 2. The Hall–Kier alpha value is -0.900. The Morgan fingerprint density at radius 1 is 1.59 bits per heavy atom. The largest absolute Gasteiger partial charge is 0.351 e. The zero-order valence-electron chi connectivity index (χ0n) is 10.2. The van der Waals surface area contributed by atoms with Crippen LogP contribution in [0.5, 0.6) is 0 Å². The highest BCUT2D eigenvalue weighted by atomic mass is 79.9. The fraction of sp³-hybridized carbons (Fsp3) is 0.538. The van der Waals surface area contributed by atoms with Crippen LogP contribution in [0.2, 0.25) is 0 Å². The van der Waals surface area contributed by atoms with Crippen molar-refractivity contribution in [2.45, 2.75) is 26.7 Å². The third-order valence-corrected chi connectivity index (χ3v) is 4.35. The monoisotopic (exact) mass is 296 g/mol. The van der Waals surface area contributed by atoms with E-state index in [0.717, 1.165) is 6.54 Å². The summed E-state index contributed by atoms with van der Waals surface area (Å²) in [5.74, 6) is 0.581. The minimum absolute atomic E-state index is 0.0445. The molecule has 0 unspecified atom stereocenters. The van der Waals surface area contributed by atoms with Crippen LogP contribution in [0, 0.1) is 11.3 Å². The standard InChI is InChI=1S/C13H17BrN2O/c1-9(2)13(5-6-13)8-16-12(17)10-4-3-7-15-11(10)14/h3-4,7,9H,5-6,8H2,1-2H3,(H,16,17). The lowest BCUT2D eigenvalue weighted by atomic mass is 9.92. The molecule has 1 aliphatic rings. The first-order valence-corrected chi connectivity index (χ1v) is 6.73. The molecule has 0 spiro atoms. The van der Waals surface area contributed by atoms with Gasteiger partial charge in [-0.15, -0.1) is 0 Å². The lowest BCUT2D eigenvalue weighted by Gasteiger charge is -2.20. The molecule has 4 heteroatoms. The maximum absolute atomic E-state index is 12.0. The maximum Gasteiger partial charge on any atom is 0.254 e. The molecule has 0 radical (unpaired) electrons. The molecule has 1 heterocycles. The molecule has 0 aliphatic heterocycles. The summed E-state index contributed by atoms with van der Waals surface area (Å²) in [5.41, 5.74) is 0.941. The summed E-state index contributed by atoms with van der Waals surface area (Å²) in [6.07, 6.45) is 4.11. The van der Waals surface area contributed by atoms with Crippen LogP contribution in [0.25, 0.3) is 0 Å². The molecule has 1 aromatic rings. The fourth-order valence-electron chi connectivity index (χ4n) is 2.03. The van der Waals surface area contributed by atoms with Gasteiger partial charge in [-0.05, 0) is 52.2 Å². The Labute approximate surface area is 110 Å². The number of aromatic nitrogens is 1. The third-order valence-electron chi connectivity index (χ3n) is 3.72. The van der Waals surface area contributed by atoms with Crippen LogP contribution in [0.1, 0.15) is 37.0 Å². The van der Waals surface area contributed by atoms with Crippen molar-refractivity contribution >= 4 is 21.8 Å². The van der Waals surface area contributed by atoms with E-state index in [1.54, 1.807) is 18.3 Å². The zero-order chi connectivity index (χ0) is 12.5. The first kappa shape index (κ1) is 12.6. The minimum atomic E-state index is -0.0445. The van der Waals surface area contributed by atoms with Gasteiger partial charge >= 0.3 is 0 Å². The average Bonchev–Trinajstić information content (AvgIpc) is 3.07. The Morgan fingerprint density at radius 2 is 2.29 bits per heavy atom. The van der Waals surface area contributed by atoms with Gasteiger partial charge in [0.25, 0.3) is 5.91 Å². The quantitative estimate of drug-likeness (QED) is 0.868. The molecule has 3 nitrogen and oxygen atoms in total. The second kappa shape index (κ2) is 4.77. The highest BCUT2D eigenvalue weighted by Crippen LogP contribution is 2.51. The lowest BCUT2D eigenvalue weighted by Crippen LogP contribution is -2.32. The summed E-state index contributed by atoms with van der Waals surface area (Å²) >= 11 is 3.29. The molecular weight excluding hydrogens is 280 g/mol. The van der Waals surface area contributed by atoms with Crippen molar-refractivity contribution in [2.75, 3.05) is 6.54 Å². The van der Waals surface area contributed by atoms with Crippen LogP contribution in [0.4, 0.5) is 0 Å². The molecular formula is C13H17BrN2O.